The average Bonchev–Trinajstić information content (AvgIpc) is 3.38. The van der Waals surface area contributed by atoms with Crippen LogP contribution in [0.4, 0.5) is 0 Å². The molecule has 4 heteroatoms. The summed E-state index contributed by atoms with van der Waals surface area (Å²) >= 11 is 1.72. The monoisotopic (exact) mass is 355 g/mol. The molecule has 0 saturated heterocycles. The van der Waals surface area contributed by atoms with Crippen molar-refractivity contribution in [3.8, 4) is 5.75 Å². The van der Waals surface area contributed by atoms with E-state index in [1.54, 1.807) is 18.4 Å². The number of hydrogen-bond acceptors (Lipinski definition) is 3. The van der Waals surface area contributed by atoms with Crippen LogP contribution in [0.2, 0.25) is 0 Å². The first kappa shape index (κ1) is 16.6. The summed E-state index contributed by atoms with van der Waals surface area (Å²) in [6.07, 6.45) is 5.77. The Labute approximate surface area is 153 Å². The van der Waals surface area contributed by atoms with Crippen LogP contribution in [0.1, 0.15) is 51.9 Å². The Hall–Kier alpha value is -1.81. The van der Waals surface area contributed by atoms with Gasteiger partial charge in [-0.3, -0.25) is 4.79 Å². The minimum atomic E-state index is 0.213. The molecule has 0 unspecified atom stereocenters. The number of carbonyl (C=O) groups excluding carboxylic acids is 1. The molecule has 1 atom stereocenters. The molecule has 0 radical (unpaired) electrons. The van der Waals surface area contributed by atoms with E-state index in [-0.39, 0.29) is 5.91 Å². The summed E-state index contributed by atoms with van der Waals surface area (Å²) in [5, 5.41) is 0. The van der Waals surface area contributed by atoms with Crippen LogP contribution >= 0.6 is 11.3 Å². The van der Waals surface area contributed by atoms with Crippen molar-refractivity contribution in [3.05, 3.63) is 51.2 Å². The number of carbonyl (C=O) groups is 1. The first-order chi connectivity index (χ1) is 12.1. The Morgan fingerprint density at radius 1 is 1.24 bits per heavy atom. The van der Waals surface area contributed by atoms with Gasteiger partial charge in [0.1, 0.15) is 5.75 Å². The molecule has 1 heterocycles. The maximum absolute atomic E-state index is 13.2. The van der Waals surface area contributed by atoms with Crippen molar-refractivity contribution >= 4 is 17.2 Å². The normalized spacial score (nSPS) is 19.4. The third kappa shape index (κ3) is 3.59. The molecule has 4 rings (SSSR count). The largest absolute Gasteiger partial charge is 0.497 e. The fraction of sp³-hybridized carbons (Fsp3) is 0.476. The molecule has 1 aromatic heterocycles. The summed E-state index contributed by atoms with van der Waals surface area (Å²) in [5.74, 6) is 1.81. The lowest BCUT2D eigenvalue weighted by Crippen LogP contribution is -2.32. The van der Waals surface area contributed by atoms with Gasteiger partial charge >= 0.3 is 0 Å². The van der Waals surface area contributed by atoms with Gasteiger partial charge in [0.25, 0.3) is 5.91 Å². The number of benzene rings is 1. The second-order valence-electron chi connectivity index (χ2n) is 7.42. The maximum Gasteiger partial charge on any atom is 0.264 e. The standard InChI is InChI=1S/C21H25NO2S/c1-14-3-10-19-16(11-14)12-20(25-19)21(23)22(17-6-7-17)13-15-4-8-18(24-2)9-5-15/h4-5,8-9,12,14,17H,3,6-7,10-11,13H2,1-2H3/t14-/m0/s1. The second kappa shape index (κ2) is 6.83. The van der Waals surface area contributed by atoms with Crippen LogP contribution in [0.3, 0.4) is 0 Å². The molecule has 132 valence electrons. The van der Waals surface area contributed by atoms with E-state index >= 15 is 0 Å². The second-order valence-corrected chi connectivity index (χ2v) is 8.56. The van der Waals surface area contributed by atoms with Gasteiger partial charge in [-0.25, -0.2) is 0 Å². The highest BCUT2D eigenvalue weighted by atomic mass is 32.1. The predicted octanol–water partition coefficient (Wildman–Crippen LogP) is 4.69. The van der Waals surface area contributed by atoms with E-state index in [1.807, 2.05) is 12.1 Å². The fourth-order valence-corrected chi connectivity index (χ4v) is 4.80. The van der Waals surface area contributed by atoms with Crippen LogP contribution in [0.25, 0.3) is 0 Å². The van der Waals surface area contributed by atoms with Gasteiger partial charge in [-0.1, -0.05) is 19.1 Å². The molecule has 0 spiro atoms. The summed E-state index contributed by atoms with van der Waals surface area (Å²) in [4.78, 5) is 17.6. The zero-order valence-corrected chi connectivity index (χ0v) is 15.8. The summed E-state index contributed by atoms with van der Waals surface area (Å²) in [5.41, 5.74) is 2.57. The number of nitrogens with zero attached hydrogens (tertiary/aromatic N) is 1. The maximum atomic E-state index is 13.2. The lowest BCUT2D eigenvalue weighted by Gasteiger charge is -2.22. The number of methoxy groups -OCH3 is 1. The Kier molecular flexibility index (Phi) is 4.55. The van der Waals surface area contributed by atoms with Gasteiger partial charge in [0.15, 0.2) is 0 Å². The van der Waals surface area contributed by atoms with E-state index in [1.165, 1.54) is 16.9 Å². The lowest BCUT2D eigenvalue weighted by molar-refractivity contribution is 0.0735. The van der Waals surface area contributed by atoms with Crippen molar-refractivity contribution in [1.82, 2.24) is 4.90 Å². The van der Waals surface area contributed by atoms with Gasteiger partial charge in [0.2, 0.25) is 0 Å². The molecule has 0 bridgehead atoms. The molecule has 2 aliphatic carbocycles. The van der Waals surface area contributed by atoms with Gasteiger partial charge in [0.05, 0.1) is 12.0 Å². The highest BCUT2D eigenvalue weighted by molar-refractivity contribution is 7.14. The highest BCUT2D eigenvalue weighted by Gasteiger charge is 2.34. The quantitative estimate of drug-likeness (QED) is 0.779. The van der Waals surface area contributed by atoms with E-state index in [0.717, 1.165) is 47.8 Å². The number of amides is 1. The first-order valence-electron chi connectivity index (χ1n) is 9.19. The van der Waals surface area contributed by atoms with Crippen molar-refractivity contribution in [2.24, 2.45) is 5.92 Å². The van der Waals surface area contributed by atoms with Crippen LogP contribution < -0.4 is 4.74 Å². The molecule has 1 amide bonds. The van der Waals surface area contributed by atoms with Crippen LogP contribution in [0.15, 0.2) is 30.3 Å². The number of hydrogen-bond donors (Lipinski definition) is 0. The van der Waals surface area contributed by atoms with E-state index in [4.69, 9.17) is 4.74 Å². The molecule has 3 nitrogen and oxygen atoms in total. The Morgan fingerprint density at radius 3 is 2.68 bits per heavy atom. The average molecular weight is 356 g/mol. The minimum absolute atomic E-state index is 0.213. The van der Waals surface area contributed by atoms with Gasteiger partial charge in [0, 0.05) is 17.5 Å². The van der Waals surface area contributed by atoms with Crippen molar-refractivity contribution in [2.45, 2.75) is 51.6 Å². The van der Waals surface area contributed by atoms with Gasteiger partial charge in [-0.15, -0.1) is 11.3 Å². The molecule has 25 heavy (non-hydrogen) atoms. The van der Waals surface area contributed by atoms with E-state index in [2.05, 4.69) is 30.0 Å². The molecule has 0 aliphatic heterocycles. The molecule has 2 aromatic rings. The summed E-state index contributed by atoms with van der Waals surface area (Å²) in [6, 6.07) is 10.6. The lowest BCUT2D eigenvalue weighted by atomic mass is 9.90. The van der Waals surface area contributed by atoms with Gasteiger partial charge in [-0.05, 0) is 67.3 Å². The number of ether oxygens (including phenoxy) is 1. The number of thiophene rings is 1. The van der Waals surface area contributed by atoms with Crippen molar-refractivity contribution in [2.75, 3.05) is 7.11 Å². The minimum Gasteiger partial charge on any atom is -0.497 e. The summed E-state index contributed by atoms with van der Waals surface area (Å²) in [7, 11) is 1.68. The van der Waals surface area contributed by atoms with Crippen molar-refractivity contribution in [3.63, 3.8) is 0 Å². The zero-order valence-electron chi connectivity index (χ0n) is 15.0. The van der Waals surface area contributed by atoms with E-state index < -0.39 is 0 Å². The van der Waals surface area contributed by atoms with Crippen molar-refractivity contribution in [1.29, 1.82) is 0 Å². The molecule has 1 fully saturated rings. The number of aryl methyl sites for hydroxylation is 1. The molecule has 2 aliphatic rings. The third-order valence-electron chi connectivity index (χ3n) is 5.30. The van der Waals surface area contributed by atoms with E-state index in [0.29, 0.717) is 12.6 Å². The molecule has 1 aromatic carbocycles. The van der Waals surface area contributed by atoms with Crippen LogP contribution in [-0.2, 0) is 19.4 Å². The van der Waals surface area contributed by atoms with Crippen molar-refractivity contribution < 1.29 is 9.53 Å². The predicted molar refractivity (Wildman–Crippen MR) is 101 cm³/mol. The highest BCUT2D eigenvalue weighted by Crippen LogP contribution is 2.35. The molecule has 1 saturated carbocycles. The van der Waals surface area contributed by atoms with Crippen LogP contribution in [0.5, 0.6) is 5.75 Å². The van der Waals surface area contributed by atoms with Gasteiger partial charge < -0.3 is 9.64 Å². The topological polar surface area (TPSA) is 29.5 Å². The van der Waals surface area contributed by atoms with Crippen LogP contribution in [-0.4, -0.2) is 24.0 Å². The van der Waals surface area contributed by atoms with Gasteiger partial charge in [-0.2, -0.15) is 0 Å². The summed E-state index contributed by atoms with van der Waals surface area (Å²) < 4.78 is 5.23. The number of fused-ring (bicyclic) bond motifs is 1. The smallest absolute Gasteiger partial charge is 0.264 e. The summed E-state index contributed by atoms with van der Waals surface area (Å²) in [6.45, 7) is 2.99. The Morgan fingerprint density at radius 2 is 2.00 bits per heavy atom. The molecule has 0 N–H and O–H groups in total. The molecular formula is C21H25NO2S. The Bertz CT molecular complexity index is 761. The first-order valence-corrected chi connectivity index (χ1v) is 10.0. The Balaban J connectivity index is 1.53. The number of rotatable bonds is 5. The third-order valence-corrected chi connectivity index (χ3v) is 6.53. The SMILES string of the molecule is COc1ccc(CN(C(=O)c2cc3c(s2)CC[C@H](C)C3)C2CC2)cc1. The fourth-order valence-electron chi connectivity index (χ4n) is 3.63. The molecular weight excluding hydrogens is 330 g/mol. The van der Waals surface area contributed by atoms with E-state index in [9.17, 15) is 4.79 Å². The van der Waals surface area contributed by atoms with Crippen LogP contribution in [0, 0.1) is 5.92 Å². The zero-order chi connectivity index (χ0) is 17.4.